The van der Waals surface area contributed by atoms with E-state index in [0.717, 1.165) is 5.56 Å². The molecule has 0 unspecified atom stereocenters. The van der Waals surface area contributed by atoms with Crippen molar-refractivity contribution in [2.45, 2.75) is 13.3 Å². The number of hydrogen-bond donors (Lipinski definition) is 1. The van der Waals surface area contributed by atoms with Crippen LogP contribution in [0.25, 0.3) is 17.0 Å². The molecule has 126 valence electrons. The number of fused-ring (bicyclic) bond motifs is 1. The van der Waals surface area contributed by atoms with Crippen LogP contribution >= 0.6 is 11.6 Å². The average Bonchev–Trinajstić information content (AvgIpc) is 2.85. The highest BCUT2D eigenvalue weighted by Gasteiger charge is 2.19. The molecular weight excluding hydrogens is 338 g/mol. The zero-order valence-corrected chi connectivity index (χ0v) is 14.3. The lowest BCUT2D eigenvalue weighted by Crippen LogP contribution is -2.10. The van der Waals surface area contributed by atoms with Crippen LogP contribution in [0.2, 0.25) is 5.02 Å². The summed E-state index contributed by atoms with van der Waals surface area (Å²) in [5.74, 6) is -1.18. The number of aliphatic carboxylic acids is 1. The predicted molar refractivity (Wildman–Crippen MR) is 99.1 cm³/mol. The number of benzene rings is 2. The van der Waals surface area contributed by atoms with E-state index in [1.165, 1.54) is 10.6 Å². The van der Waals surface area contributed by atoms with E-state index in [2.05, 4.69) is 0 Å². The molecule has 1 N–H and O–H groups in total. The van der Waals surface area contributed by atoms with Crippen molar-refractivity contribution in [2.75, 3.05) is 0 Å². The molecule has 0 aliphatic carbocycles. The van der Waals surface area contributed by atoms with Crippen molar-refractivity contribution < 1.29 is 14.7 Å². The van der Waals surface area contributed by atoms with Gasteiger partial charge in [0.2, 0.25) is 0 Å². The summed E-state index contributed by atoms with van der Waals surface area (Å²) in [6.45, 7) is 1.75. The Morgan fingerprint density at radius 2 is 1.88 bits per heavy atom. The van der Waals surface area contributed by atoms with Crippen LogP contribution in [0.5, 0.6) is 0 Å². The molecule has 3 aromatic rings. The topological polar surface area (TPSA) is 59.3 Å². The number of aromatic nitrogens is 1. The van der Waals surface area contributed by atoms with Crippen molar-refractivity contribution in [3.8, 4) is 0 Å². The van der Waals surface area contributed by atoms with E-state index in [4.69, 9.17) is 11.6 Å². The summed E-state index contributed by atoms with van der Waals surface area (Å²) in [5, 5.41) is 10.4. The summed E-state index contributed by atoms with van der Waals surface area (Å²) in [5.41, 5.74) is 2.79. The van der Waals surface area contributed by atoms with Gasteiger partial charge >= 0.3 is 5.97 Å². The van der Waals surface area contributed by atoms with Crippen LogP contribution in [-0.2, 0) is 11.2 Å². The highest BCUT2D eigenvalue weighted by Crippen LogP contribution is 2.29. The maximum absolute atomic E-state index is 12.7. The van der Waals surface area contributed by atoms with E-state index in [1.54, 1.807) is 31.2 Å². The molecule has 0 bridgehead atoms. The predicted octanol–water partition coefficient (Wildman–Crippen LogP) is 4.58. The van der Waals surface area contributed by atoms with Gasteiger partial charge in [-0.15, -0.1) is 0 Å². The summed E-state index contributed by atoms with van der Waals surface area (Å²) in [6, 6.07) is 14.6. The quantitative estimate of drug-likeness (QED) is 0.698. The number of hydrogen-bond acceptors (Lipinski definition) is 2. The number of allylic oxidation sites excluding steroid dienone is 1. The van der Waals surface area contributed by atoms with Gasteiger partial charge in [0.25, 0.3) is 5.91 Å². The second kappa shape index (κ2) is 6.95. The van der Waals surface area contributed by atoms with E-state index in [1.807, 2.05) is 30.3 Å². The number of carbonyl (C=O) groups excluding carboxylic acids is 1. The molecule has 5 heteroatoms. The van der Waals surface area contributed by atoms with Gasteiger partial charge in [-0.1, -0.05) is 41.9 Å². The third-order valence-corrected chi connectivity index (χ3v) is 4.30. The van der Waals surface area contributed by atoms with E-state index in [9.17, 15) is 14.7 Å². The Kier molecular flexibility index (Phi) is 4.72. The normalized spacial score (nSPS) is 11.3. The summed E-state index contributed by atoms with van der Waals surface area (Å²) >= 11 is 6.05. The average molecular weight is 354 g/mol. The van der Waals surface area contributed by atoms with Crippen LogP contribution in [0, 0.1) is 6.92 Å². The second-order valence-corrected chi connectivity index (χ2v) is 6.15. The van der Waals surface area contributed by atoms with Gasteiger partial charge in [-0.25, -0.2) is 0 Å². The Balaban J connectivity index is 2.09. The molecule has 0 amide bonds. The largest absolute Gasteiger partial charge is 0.481 e. The fourth-order valence-electron chi connectivity index (χ4n) is 2.92. The van der Waals surface area contributed by atoms with E-state index >= 15 is 0 Å². The van der Waals surface area contributed by atoms with Gasteiger partial charge in [0.05, 0.1) is 11.9 Å². The Hall–Kier alpha value is -2.85. The molecule has 0 radical (unpaired) electrons. The molecule has 0 aliphatic rings. The van der Waals surface area contributed by atoms with Crippen LogP contribution in [0.1, 0.15) is 21.6 Å². The SMILES string of the molecule is Cc1c(CC(=O)O)c2cc(Cl)ccc2n1C(=O)C=Cc1ccccc1. The summed E-state index contributed by atoms with van der Waals surface area (Å²) in [6.07, 6.45) is 3.06. The van der Waals surface area contributed by atoms with Gasteiger partial charge in [-0.05, 0) is 42.3 Å². The molecule has 0 saturated heterocycles. The lowest BCUT2D eigenvalue weighted by Gasteiger charge is -2.04. The molecule has 0 fully saturated rings. The van der Waals surface area contributed by atoms with Gasteiger partial charge in [0.1, 0.15) is 0 Å². The number of carboxylic acids is 1. The first-order valence-corrected chi connectivity index (χ1v) is 8.14. The van der Waals surface area contributed by atoms with Gasteiger partial charge < -0.3 is 5.11 Å². The maximum Gasteiger partial charge on any atom is 0.307 e. The van der Waals surface area contributed by atoms with Crippen LogP contribution in [-0.4, -0.2) is 21.6 Å². The standard InChI is InChI=1S/C20H16ClNO3/c1-13-16(12-20(24)25)17-11-15(21)8-9-18(17)22(13)19(23)10-7-14-5-3-2-4-6-14/h2-11H,12H2,1H3,(H,24,25). The first-order chi connectivity index (χ1) is 12.0. The minimum absolute atomic E-state index is 0.161. The number of carboxylic acid groups (broad SMARTS) is 1. The second-order valence-electron chi connectivity index (χ2n) is 5.71. The van der Waals surface area contributed by atoms with Crippen molar-refractivity contribution in [1.82, 2.24) is 4.57 Å². The minimum atomic E-state index is -0.950. The summed E-state index contributed by atoms with van der Waals surface area (Å²) < 4.78 is 1.53. The molecule has 4 nitrogen and oxygen atoms in total. The van der Waals surface area contributed by atoms with Gasteiger partial charge in [0.15, 0.2) is 0 Å². The molecule has 2 aromatic carbocycles. The van der Waals surface area contributed by atoms with E-state index < -0.39 is 5.97 Å². The Morgan fingerprint density at radius 1 is 1.16 bits per heavy atom. The lowest BCUT2D eigenvalue weighted by molar-refractivity contribution is -0.136. The highest BCUT2D eigenvalue weighted by molar-refractivity contribution is 6.31. The first-order valence-electron chi connectivity index (χ1n) is 7.76. The third kappa shape index (κ3) is 3.49. The monoisotopic (exact) mass is 353 g/mol. The Labute approximate surface area is 150 Å². The maximum atomic E-state index is 12.7. The number of rotatable bonds is 4. The minimum Gasteiger partial charge on any atom is -0.481 e. The van der Waals surface area contributed by atoms with Crippen LogP contribution in [0.3, 0.4) is 0 Å². The van der Waals surface area contributed by atoms with Gasteiger partial charge in [-0.2, -0.15) is 0 Å². The van der Waals surface area contributed by atoms with E-state index in [-0.39, 0.29) is 12.3 Å². The fraction of sp³-hybridized carbons (Fsp3) is 0.100. The Morgan fingerprint density at radius 3 is 2.56 bits per heavy atom. The zero-order valence-electron chi connectivity index (χ0n) is 13.6. The summed E-state index contributed by atoms with van der Waals surface area (Å²) in [7, 11) is 0. The zero-order chi connectivity index (χ0) is 18.0. The molecular formula is C20H16ClNO3. The first kappa shape index (κ1) is 17.0. The van der Waals surface area contributed by atoms with Crippen molar-refractivity contribution >= 4 is 40.5 Å². The van der Waals surface area contributed by atoms with Crippen LogP contribution < -0.4 is 0 Å². The fourth-order valence-corrected chi connectivity index (χ4v) is 3.09. The third-order valence-electron chi connectivity index (χ3n) is 4.06. The van der Waals surface area contributed by atoms with Gasteiger partial charge in [0, 0.05) is 22.2 Å². The molecule has 3 rings (SSSR count). The van der Waals surface area contributed by atoms with Gasteiger partial charge in [-0.3, -0.25) is 14.2 Å². The van der Waals surface area contributed by atoms with Crippen molar-refractivity contribution in [1.29, 1.82) is 0 Å². The molecule has 0 aliphatic heterocycles. The smallest absolute Gasteiger partial charge is 0.307 e. The van der Waals surface area contributed by atoms with Crippen LogP contribution in [0.4, 0.5) is 0 Å². The lowest BCUT2D eigenvalue weighted by atomic mass is 10.1. The van der Waals surface area contributed by atoms with Crippen molar-refractivity contribution in [2.24, 2.45) is 0 Å². The molecule has 0 atom stereocenters. The van der Waals surface area contributed by atoms with Crippen LogP contribution in [0.15, 0.2) is 54.6 Å². The summed E-state index contributed by atoms with van der Waals surface area (Å²) in [4.78, 5) is 23.9. The molecule has 25 heavy (non-hydrogen) atoms. The van der Waals surface area contributed by atoms with Crippen molar-refractivity contribution in [3.05, 3.63) is 76.5 Å². The number of carbonyl (C=O) groups is 2. The highest BCUT2D eigenvalue weighted by atomic mass is 35.5. The molecule has 0 saturated carbocycles. The number of halogens is 1. The van der Waals surface area contributed by atoms with Crippen molar-refractivity contribution in [3.63, 3.8) is 0 Å². The number of nitrogens with zero attached hydrogens (tertiary/aromatic N) is 1. The van der Waals surface area contributed by atoms with E-state index in [0.29, 0.717) is 27.2 Å². The Bertz CT molecular complexity index is 987. The molecule has 0 spiro atoms. The molecule has 1 heterocycles. The molecule has 1 aromatic heterocycles.